The molecule has 1 N–H and O–H groups in total. The van der Waals surface area contributed by atoms with Crippen molar-refractivity contribution in [1.82, 2.24) is 5.32 Å². The van der Waals surface area contributed by atoms with E-state index in [9.17, 15) is 9.18 Å². The summed E-state index contributed by atoms with van der Waals surface area (Å²) < 4.78 is 13.2. The van der Waals surface area contributed by atoms with Crippen molar-refractivity contribution in [3.05, 3.63) is 76.2 Å². The van der Waals surface area contributed by atoms with Crippen molar-refractivity contribution in [1.29, 1.82) is 0 Å². The zero-order chi connectivity index (χ0) is 16.2. The number of aliphatic imine (C=N–C) groups is 1. The van der Waals surface area contributed by atoms with Gasteiger partial charge in [-0.05, 0) is 47.9 Å². The van der Waals surface area contributed by atoms with E-state index in [1.54, 1.807) is 18.2 Å². The molecule has 0 aliphatic carbocycles. The van der Waals surface area contributed by atoms with Gasteiger partial charge in [0, 0.05) is 11.4 Å². The molecule has 0 fully saturated rings. The molecule has 0 bridgehead atoms. The van der Waals surface area contributed by atoms with E-state index < -0.39 is 0 Å². The standard InChI is InChI=1S/C18H14ClFN2O/c19-14-7-4-12(5-8-14)6-9-17-21-16(18(23)22-17)11-13-2-1-3-15(20)10-13/h1-5,7-8,10-11H,6,9H2,(H,21,22,23)/b16-11+. The Morgan fingerprint density at radius 1 is 1.13 bits per heavy atom. The van der Waals surface area contributed by atoms with Crippen molar-refractivity contribution in [2.24, 2.45) is 4.99 Å². The molecule has 23 heavy (non-hydrogen) atoms. The molecular formula is C18H14ClFN2O. The average molecular weight is 329 g/mol. The molecule has 1 aliphatic heterocycles. The van der Waals surface area contributed by atoms with Gasteiger partial charge in [0.05, 0.1) is 0 Å². The van der Waals surface area contributed by atoms with E-state index in [1.165, 1.54) is 12.1 Å². The fourth-order valence-corrected chi connectivity index (χ4v) is 2.43. The lowest BCUT2D eigenvalue weighted by Crippen LogP contribution is -2.24. The Morgan fingerprint density at radius 2 is 1.91 bits per heavy atom. The molecule has 0 unspecified atom stereocenters. The Kier molecular flexibility index (Phi) is 4.53. The predicted molar refractivity (Wildman–Crippen MR) is 89.7 cm³/mol. The number of halogens is 2. The van der Waals surface area contributed by atoms with Crippen LogP contribution < -0.4 is 5.32 Å². The van der Waals surface area contributed by atoms with E-state index in [0.717, 1.165) is 12.0 Å². The molecule has 0 aromatic heterocycles. The van der Waals surface area contributed by atoms with Crippen LogP contribution in [-0.4, -0.2) is 11.7 Å². The molecule has 2 aromatic rings. The quantitative estimate of drug-likeness (QED) is 0.847. The molecule has 0 spiro atoms. The second kappa shape index (κ2) is 6.75. The summed E-state index contributed by atoms with van der Waals surface area (Å²) in [4.78, 5) is 16.2. The van der Waals surface area contributed by atoms with Crippen LogP contribution in [0.25, 0.3) is 6.08 Å². The van der Waals surface area contributed by atoms with Gasteiger partial charge in [0.1, 0.15) is 17.3 Å². The number of nitrogens with zero attached hydrogens (tertiary/aromatic N) is 1. The first-order valence-corrected chi connectivity index (χ1v) is 7.58. The van der Waals surface area contributed by atoms with Crippen LogP contribution in [0.2, 0.25) is 5.02 Å². The Hall–Kier alpha value is -2.46. The number of amides is 1. The molecule has 0 radical (unpaired) electrons. The van der Waals surface area contributed by atoms with Crippen LogP contribution in [-0.2, 0) is 11.2 Å². The lowest BCUT2D eigenvalue weighted by molar-refractivity contribution is -0.115. The summed E-state index contributed by atoms with van der Waals surface area (Å²) in [6.07, 6.45) is 2.95. The number of nitrogens with one attached hydrogen (secondary N) is 1. The van der Waals surface area contributed by atoms with Crippen molar-refractivity contribution in [2.75, 3.05) is 0 Å². The van der Waals surface area contributed by atoms with Crippen LogP contribution in [0.5, 0.6) is 0 Å². The number of aryl methyl sites for hydroxylation is 1. The number of amidine groups is 1. The topological polar surface area (TPSA) is 41.5 Å². The monoisotopic (exact) mass is 328 g/mol. The first-order chi connectivity index (χ1) is 11.1. The number of benzene rings is 2. The molecule has 116 valence electrons. The fraction of sp³-hybridized carbons (Fsp3) is 0.111. The second-order valence-corrected chi connectivity index (χ2v) is 5.66. The summed E-state index contributed by atoms with van der Waals surface area (Å²) in [5.41, 5.74) is 2.02. The van der Waals surface area contributed by atoms with Gasteiger partial charge in [-0.1, -0.05) is 35.9 Å². The molecule has 5 heteroatoms. The van der Waals surface area contributed by atoms with E-state index in [1.807, 2.05) is 24.3 Å². The van der Waals surface area contributed by atoms with E-state index in [4.69, 9.17) is 11.6 Å². The summed E-state index contributed by atoms with van der Waals surface area (Å²) in [6.45, 7) is 0. The maximum Gasteiger partial charge on any atom is 0.275 e. The summed E-state index contributed by atoms with van der Waals surface area (Å²) in [5.74, 6) is 0.0117. The van der Waals surface area contributed by atoms with Gasteiger partial charge >= 0.3 is 0 Å². The highest BCUT2D eigenvalue weighted by molar-refractivity contribution is 6.30. The van der Waals surface area contributed by atoms with Gasteiger partial charge in [0.25, 0.3) is 5.91 Å². The number of carbonyl (C=O) groups excluding carboxylic acids is 1. The number of rotatable bonds is 4. The molecule has 1 aliphatic rings. The zero-order valence-corrected chi connectivity index (χ0v) is 13.0. The molecule has 0 saturated heterocycles. The third kappa shape index (κ3) is 4.05. The highest BCUT2D eigenvalue weighted by Gasteiger charge is 2.19. The van der Waals surface area contributed by atoms with Crippen molar-refractivity contribution in [3.8, 4) is 0 Å². The number of hydrogen-bond donors (Lipinski definition) is 1. The highest BCUT2D eigenvalue weighted by atomic mass is 35.5. The van der Waals surface area contributed by atoms with Gasteiger partial charge in [0.2, 0.25) is 0 Å². The summed E-state index contributed by atoms with van der Waals surface area (Å²) >= 11 is 5.85. The lowest BCUT2D eigenvalue weighted by Gasteiger charge is -2.01. The molecule has 3 nitrogen and oxygen atoms in total. The molecule has 0 atom stereocenters. The maximum atomic E-state index is 13.2. The van der Waals surface area contributed by atoms with E-state index in [2.05, 4.69) is 10.3 Å². The number of carbonyl (C=O) groups is 1. The van der Waals surface area contributed by atoms with Gasteiger partial charge in [-0.3, -0.25) is 4.79 Å². The maximum absolute atomic E-state index is 13.2. The van der Waals surface area contributed by atoms with Crippen molar-refractivity contribution in [2.45, 2.75) is 12.8 Å². The van der Waals surface area contributed by atoms with Gasteiger partial charge < -0.3 is 5.32 Å². The molecule has 0 saturated carbocycles. The Labute approximate surface area is 138 Å². The van der Waals surface area contributed by atoms with Crippen LogP contribution in [0, 0.1) is 5.82 Å². The van der Waals surface area contributed by atoms with Gasteiger partial charge in [-0.15, -0.1) is 0 Å². The van der Waals surface area contributed by atoms with Crippen molar-refractivity contribution < 1.29 is 9.18 Å². The van der Waals surface area contributed by atoms with Crippen LogP contribution in [0.4, 0.5) is 4.39 Å². The van der Waals surface area contributed by atoms with Crippen molar-refractivity contribution >= 4 is 29.4 Å². The highest BCUT2D eigenvalue weighted by Crippen LogP contribution is 2.16. The average Bonchev–Trinajstić information content (AvgIpc) is 2.87. The Bertz CT molecular complexity index is 797. The molecular weight excluding hydrogens is 315 g/mol. The van der Waals surface area contributed by atoms with Crippen LogP contribution in [0.1, 0.15) is 17.5 Å². The predicted octanol–water partition coefficient (Wildman–Crippen LogP) is 3.98. The second-order valence-electron chi connectivity index (χ2n) is 5.22. The van der Waals surface area contributed by atoms with E-state index in [0.29, 0.717) is 28.5 Å². The third-order valence-electron chi connectivity index (χ3n) is 3.46. The molecule has 2 aromatic carbocycles. The first-order valence-electron chi connectivity index (χ1n) is 7.21. The SMILES string of the molecule is O=C1NC(CCc2ccc(Cl)cc2)=N/C1=C/c1cccc(F)c1. The van der Waals surface area contributed by atoms with Crippen LogP contribution >= 0.6 is 11.6 Å². The first kappa shape index (κ1) is 15.4. The van der Waals surface area contributed by atoms with Gasteiger partial charge in [0.15, 0.2) is 0 Å². The Morgan fingerprint density at radius 3 is 2.65 bits per heavy atom. The minimum atomic E-state index is -0.343. The van der Waals surface area contributed by atoms with Crippen molar-refractivity contribution in [3.63, 3.8) is 0 Å². The van der Waals surface area contributed by atoms with Gasteiger partial charge in [-0.25, -0.2) is 9.38 Å². The number of hydrogen-bond acceptors (Lipinski definition) is 2. The molecule has 1 heterocycles. The zero-order valence-electron chi connectivity index (χ0n) is 12.2. The molecule has 3 rings (SSSR count). The summed E-state index contributed by atoms with van der Waals surface area (Å²) in [7, 11) is 0. The van der Waals surface area contributed by atoms with Crippen LogP contribution in [0.15, 0.2) is 59.2 Å². The minimum Gasteiger partial charge on any atom is -0.309 e. The van der Waals surface area contributed by atoms with E-state index in [-0.39, 0.29) is 11.7 Å². The lowest BCUT2D eigenvalue weighted by atomic mass is 10.1. The smallest absolute Gasteiger partial charge is 0.275 e. The molecule has 1 amide bonds. The fourth-order valence-electron chi connectivity index (χ4n) is 2.30. The van der Waals surface area contributed by atoms with Gasteiger partial charge in [-0.2, -0.15) is 0 Å². The normalized spacial score (nSPS) is 15.7. The minimum absolute atomic E-state index is 0.264. The largest absolute Gasteiger partial charge is 0.309 e. The van der Waals surface area contributed by atoms with Crippen LogP contribution in [0.3, 0.4) is 0 Å². The summed E-state index contributed by atoms with van der Waals surface area (Å²) in [5, 5.41) is 3.44. The summed E-state index contributed by atoms with van der Waals surface area (Å²) in [6, 6.07) is 13.6. The third-order valence-corrected chi connectivity index (χ3v) is 3.71. The Balaban J connectivity index is 1.70. The van der Waals surface area contributed by atoms with E-state index >= 15 is 0 Å².